The van der Waals surface area contributed by atoms with Crippen molar-refractivity contribution in [3.05, 3.63) is 0 Å². The second-order valence-corrected chi connectivity index (χ2v) is 3.22. The Kier molecular flexibility index (Phi) is 5.24. The number of rotatable bonds is 2. The Bertz CT molecular complexity index is 153. The van der Waals surface area contributed by atoms with Crippen LogP contribution in [0.3, 0.4) is 0 Å². The van der Waals surface area contributed by atoms with E-state index in [2.05, 4.69) is 23.2 Å². The highest BCUT2D eigenvalue weighted by Gasteiger charge is 2.22. The average molecular weight is 198 g/mol. The molecular weight excluding hydrogens is 189 g/mol. The summed E-state index contributed by atoms with van der Waals surface area (Å²) in [6.45, 7) is 0. The number of halogens is 2. The number of hydrogen-bond acceptors (Lipinski definition) is 2. The monoisotopic (exact) mass is 197 g/mol. The molecule has 0 aromatic rings. The topological polar surface area (TPSA) is 60.2 Å². The minimum atomic E-state index is -0.889. The summed E-state index contributed by atoms with van der Waals surface area (Å²) in [5, 5.41) is 0. The first-order valence-corrected chi connectivity index (χ1v) is 3.91. The molecule has 3 nitrogen and oxygen atoms in total. The van der Waals surface area contributed by atoms with E-state index in [1.807, 2.05) is 0 Å². The second-order valence-electron chi connectivity index (χ2n) is 2.34. The lowest BCUT2D eigenvalue weighted by atomic mass is 10.3. The van der Waals surface area contributed by atoms with Crippen LogP contribution in [0.25, 0.3) is 0 Å². The highest BCUT2D eigenvalue weighted by Crippen LogP contribution is 2.31. The number of amides is 1. The lowest BCUT2D eigenvalue weighted by Crippen LogP contribution is -2.10. The van der Waals surface area contributed by atoms with E-state index >= 15 is 0 Å². The molecule has 0 bridgehead atoms. The Labute approximate surface area is 74.8 Å². The zero-order valence-electron chi connectivity index (χ0n) is 5.85. The quantitative estimate of drug-likeness (QED) is 0.688. The van der Waals surface area contributed by atoms with Gasteiger partial charge in [-0.2, -0.15) is 0 Å². The van der Waals surface area contributed by atoms with Crippen LogP contribution in [0, 0.1) is 5.92 Å². The largest absolute Gasteiger partial charge is 0.370 e. The lowest BCUT2D eigenvalue weighted by molar-refractivity contribution is -0.118. The average Bonchev–Trinajstić information content (AvgIpc) is 2.45. The van der Waals surface area contributed by atoms with Gasteiger partial charge in [0.2, 0.25) is 5.91 Å². The number of nitrogens with two attached hydrogens (primary N) is 1. The third-order valence-electron chi connectivity index (χ3n) is 1.19. The van der Waals surface area contributed by atoms with Crippen LogP contribution in [0.1, 0.15) is 19.3 Å². The van der Waals surface area contributed by atoms with Gasteiger partial charge < -0.3 is 5.73 Å². The Morgan fingerprint density at radius 1 is 1.36 bits per heavy atom. The van der Waals surface area contributed by atoms with Crippen LogP contribution in [-0.4, -0.2) is 10.6 Å². The summed E-state index contributed by atoms with van der Waals surface area (Å²) in [7, 11) is 0. The predicted octanol–water partition coefficient (Wildman–Crippen LogP) is 1.86. The van der Waals surface area contributed by atoms with E-state index in [0.717, 1.165) is 0 Å². The van der Waals surface area contributed by atoms with Gasteiger partial charge in [0.05, 0.1) is 0 Å². The summed E-state index contributed by atoms with van der Waals surface area (Å²) in [6, 6.07) is 0. The third-order valence-corrected chi connectivity index (χ3v) is 1.19. The van der Waals surface area contributed by atoms with Gasteiger partial charge in [0, 0.05) is 6.42 Å². The molecule has 5 heteroatoms. The Morgan fingerprint density at radius 3 is 1.82 bits per heavy atom. The SMILES string of the molecule is NC(=O)CC1CC1.O=C(Cl)Cl. The standard InChI is InChI=1S/C5H9NO.CCl2O/c6-5(7)3-4-1-2-4;2-1(3)4/h4H,1-3H2,(H2,6,7);. The van der Waals surface area contributed by atoms with E-state index in [-0.39, 0.29) is 5.91 Å². The van der Waals surface area contributed by atoms with Gasteiger partial charge in [-0.15, -0.1) is 0 Å². The van der Waals surface area contributed by atoms with E-state index in [1.165, 1.54) is 12.8 Å². The molecule has 1 aliphatic carbocycles. The van der Waals surface area contributed by atoms with Crippen LogP contribution in [0.15, 0.2) is 0 Å². The molecule has 1 saturated carbocycles. The van der Waals surface area contributed by atoms with Crippen LogP contribution in [-0.2, 0) is 4.79 Å². The van der Waals surface area contributed by atoms with E-state index in [4.69, 9.17) is 10.5 Å². The van der Waals surface area contributed by atoms with E-state index < -0.39 is 4.70 Å². The Hall–Kier alpha value is -0.280. The fraction of sp³-hybridized carbons (Fsp3) is 0.667. The molecule has 0 aliphatic heterocycles. The molecule has 1 amide bonds. The van der Waals surface area contributed by atoms with Gasteiger partial charge in [0.15, 0.2) is 0 Å². The summed E-state index contributed by atoms with van der Waals surface area (Å²) in [5.41, 5.74) is 4.89. The molecule has 64 valence electrons. The van der Waals surface area contributed by atoms with Crippen molar-refractivity contribution in [3.63, 3.8) is 0 Å². The maximum absolute atomic E-state index is 10.1. The van der Waals surface area contributed by atoms with Crippen molar-refractivity contribution in [2.24, 2.45) is 11.7 Å². The summed E-state index contributed by atoms with van der Waals surface area (Å²) < 4.78 is -0.889. The highest BCUT2D eigenvalue weighted by molar-refractivity contribution is 6.93. The molecule has 1 fully saturated rings. The first-order valence-electron chi connectivity index (χ1n) is 3.15. The zero-order chi connectivity index (χ0) is 8.85. The van der Waals surface area contributed by atoms with Gasteiger partial charge in [0.1, 0.15) is 0 Å². The van der Waals surface area contributed by atoms with Crippen molar-refractivity contribution in [1.29, 1.82) is 0 Å². The normalized spacial score (nSPS) is 14.7. The molecule has 0 heterocycles. The molecule has 1 rings (SSSR count). The minimum Gasteiger partial charge on any atom is -0.370 e. The summed E-state index contributed by atoms with van der Waals surface area (Å²) in [4.78, 5) is 19.0. The first-order chi connectivity index (χ1) is 5.02. The Morgan fingerprint density at radius 2 is 1.73 bits per heavy atom. The Balaban J connectivity index is 0.000000218. The highest BCUT2D eigenvalue weighted by atomic mass is 35.5. The third kappa shape index (κ3) is 12.8. The van der Waals surface area contributed by atoms with E-state index in [9.17, 15) is 4.79 Å². The van der Waals surface area contributed by atoms with Crippen LogP contribution >= 0.6 is 23.2 Å². The van der Waals surface area contributed by atoms with Crippen LogP contribution < -0.4 is 5.73 Å². The van der Waals surface area contributed by atoms with E-state index in [1.54, 1.807) is 0 Å². The van der Waals surface area contributed by atoms with Crippen LogP contribution in [0.2, 0.25) is 0 Å². The van der Waals surface area contributed by atoms with Gasteiger partial charge in [-0.3, -0.25) is 9.59 Å². The molecule has 1 aliphatic rings. The molecule has 0 aromatic heterocycles. The minimum absolute atomic E-state index is 0.150. The summed E-state index contributed by atoms with van der Waals surface area (Å²) >= 11 is 8.80. The number of hydrogen-bond donors (Lipinski definition) is 1. The fourth-order valence-electron chi connectivity index (χ4n) is 0.606. The number of carbonyl (C=O) groups excluding carboxylic acids is 2. The maximum Gasteiger partial charge on any atom is 0.313 e. The van der Waals surface area contributed by atoms with Crippen molar-refractivity contribution >= 4 is 33.8 Å². The van der Waals surface area contributed by atoms with Gasteiger partial charge in [-0.1, -0.05) is 0 Å². The van der Waals surface area contributed by atoms with Crippen molar-refractivity contribution in [2.75, 3.05) is 0 Å². The first kappa shape index (κ1) is 10.7. The summed E-state index contributed by atoms with van der Waals surface area (Å²) in [5.74, 6) is 0.500. The molecular formula is C6H9Cl2NO2. The van der Waals surface area contributed by atoms with Gasteiger partial charge in [-0.05, 0) is 42.0 Å². The summed E-state index contributed by atoms with van der Waals surface area (Å²) in [6.07, 6.45) is 3.03. The van der Waals surface area contributed by atoms with Crippen molar-refractivity contribution < 1.29 is 9.59 Å². The lowest BCUT2D eigenvalue weighted by Gasteiger charge is -1.84. The molecule has 2 N–H and O–H groups in total. The molecule has 0 atom stereocenters. The van der Waals surface area contributed by atoms with Gasteiger partial charge in [0.25, 0.3) is 0 Å². The van der Waals surface area contributed by atoms with Crippen molar-refractivity contribution in [2.45, 2.75) is 19.3 Å². The second kappa shape index (κ2) is 5.38. The van der Waals surface area contributed by atoms with Crippen molar-refractivity contribution in [1.82, 2.24) is 0 Å². The molecule has 0 radical (unpaired) electrons. The van der Waals surface area contributed by atoms with Gasteiger partial charge in [-0.25, -0.2) is 0 Å². The molecule has 0 spiro atoms. The molecule has 11 heavy (non-hydrogen) atoms. The fourth-order valence-corrected chi connectivity index (χ4v) is 0.606. The smallest absolute Gasteiger partial charge is 0.313 e. The molecule has 0 saturated heterocycles. The molecule has 0 unspecified atom stereocenters. The van der Waals surface area contributed by atoms with Gasteiger partial charge >= 0.3 is 4.70 Å². The molecule has 0 aromatic carbocycles. The van der Waals surface area contributed by atoms with E-state index in [0.29, 0.717) is 12.3 Å². The van der Waals surface area contributed by atoms with Crippen LogP contribution in [0.5, 0.6) is 0 Å². The number of carbonyl (C=O) groups is 2. The zero-order valence-corrected chi connectivity index (χ0v) is 7.36. The van der Waals surface area contributed by atoms with Crippen molar-refractivity contribution in [3.8, 4) is 0 Å². The van der Waals surface area contributed by atoms with Crippen LogP contribution in [0.4, 0.5) is 4.79 Å². The maximum atomic E-state index is 10.1. The number of primary amides is 1. The predicted molar refractivity (Wildman–Crippen MR) is 43.6 cm³/mol.